The molecule has 1 saturated heterocycles. The van der Waals surface area contributed by atoms with Crippen molar-refractivity contribution in [2.45, 2.75) is 38.8 Å². The summed E-state index contributed by atoms with van der Waals surface area (Å²) in [5.74, 6) is 0.706. The van der Waals surface area contributed by atoms with Gasteiger partial charge in [-0.25, -0.2) is 4.68 Å². The first-order valence-corrected chi connectivity index (χ1v) is 6.85. The highest BCUT2D eigenvalue weighted by Gasteiger charge is 2.32. The van der Waals surface area contributed by atoms with E-state index in [4.69, 9.17) is 10.5 Å². The molecule has 2 heterocycles. The summed E-state index contributed by atoms with van der Waals surface area (Å²) >= 11 is 0. The summed E-state index contributed by atoms with van der Waals surface area (Å²) in [5, 5.41) is 12.1. The Morgan fingerprint density at radius 2 is 2.30 bits per heavy atom. The van der Waals surface area contributed by atoms with E-state index >= 15 is 0 Å². The first kappa shape index (κ1) is 13.1. The summed E-state index contributed by atoms with van der Waals surface area (Å²) in [6, 6.07) is 5.82. The molecule has 1 aliphatic rings. The van der Waals surface area contributed by atoms with E-state index < -0.39 is 0 Å². The third kappa shape index (κ3) is 2.27. The third-order valence-electron chi connectivity index (χ3n) is 3.85. The van der Waals surface area contributed by atoms with E-state index in [0.717, 1.165) is 30.6 Å². The molecule has 2 N–H and O–H groups in total. The van der Waals surface area contributed by atoms with Gasteiger partial charge in [0, 0.05) is 17.9 Å². The predicted molar refractivity (Wildman–Crippen MR) is 76.0 cm³/mol. The van der Waals surface area contributed by atoms with E-state index in [1.807, 2.05) is 25.1 Å². The lowest BCUT2D eigenvalue weighted by atomic mass is 10.0. The lowest BCUT2D eigenvalue weighted by Crippen LogP contribution is -2.30. The summed E-state index contributed by atoms with van der Waals surface area (Å²) in [7, 11) is 0. The molecule has 1 aliphatic heterocycles. The summed E-state index contributed by atoms with van der Waals surface area (Å²) < 4.78 is 7.61. The van der Waals surface area contributed by atoms with Crippen molar-refractivity contribution in [3.05, 3.63) is 23.8 Å². The van der Waals surface area contributed by atoms with E-state index in [-0.39, 0.29) is 5.60 Å². The zero-order valence-corrected chi connectivity index (χ0v) is 11.8. The predicted octanol–water partition coefficient (Wildman–Crippen LogP) is 1.80. The van der Waals surface area contributed by atoms with Gasteiger partial charge in [-0.05, 0) is 48.7 Å². The van der Waals surface area contributed by atoms with Crippen LogP contribution >= 0.6 is 0 Å². The Kier molecular flexibility index (Phi) is 3.17. The molecule has 6 heteroatoms. The van der Waals surface area contributed by atoms with Crippen molar-refractivity contribution in [3.63, 3.8) is 0 Å². The molecule has 20 heavy (non-hydrogen) atoms. The fraction of sp³-hybridized carbons (Fsp3) is 0.500. The number of rotatable bonds is 3. The average molecular weight is 273 g/mol. The van der Waals surface area contributed by atoms with Gasteiger partial charge >= 0.3 is 0 Å². The van der Waals surface area contributed by atoms with Crippen LogP contribution in [0, 0.1) is 6.92 Å². The van der Waals surface area contributed by atoms with Crippen LogP contribution in [0.2, 0.25) is 0 Å². The van der Waals surface area contributed by atoms with Gasteiger partial charge in [0.2, 0.25) is 0 Å². The SMILES string of the molecule is Cc1cccc(N)c1-c1nnnn1CC1(C)CCCO1. The molecule has 0 spiro atoms. The second kappa shape index (κ2) is 4.86. The van der Waals surface area contributed by atoms with Gasteiger partial charge < -0.3 is 10.5 Å². The van der Waals surface area contributed by atoms with Gasteiger partial charge in [-0.3, -0.25) is 0 Å². The van der Waals surface area contributed by atoms with Crippen molar-refractivity contribution in [2.24, 2.45) is 0 Å². The largest absolute Gasteiger partial charge is 0.398 e. The van der Waals surface area contributed by atoms with Crippen molar-refractivity contribution < 1.29 is 4.74 Å². The van der Waals surface area contributed by atoms with Crippen LogP contribution in [-0.4, -0.2) is 32.4 Å². The zero-order chi connectivity index (χ0) is 14.2. The number of tetrazole rings is 1. The molecule has 0 radical (unpaired) electrons. The van der Waals surface area contributed by atoms with Crippen molar-refractivity contribution in [1.82, 2.24) is 20.2 Å². The van der Waals surface area contributed by atoms with E-state index in [9.17, 15) is 0 Å². The number of aryl methyl sites for hydroxylation is 1. The van der Waals surface area contributed by atoms with E-state index in [1.165, 1.54) is 0 Å². The van der Waals surface area contributed by atoms with Crippen molar-refractivity contribution in [3.8, 4) is 11.4 Å². The number of nitrogens with zero attached hydrogens (tertiary/aromatic N) is 4. The van der Waals surface area contributed by atoms with Crippen LogP contribution in [0.15, 0.2) is 18.2 Å². The quantitative estimate of drug-likeness (QED) is 0.863. The van der Waals surface area contributed by atoms with Crippen LogP contribution in [0.3, 0.4) is 0 Å². The van der Waals surface area contributed by atoms with E-state index in [1.54, 1.807) is 4.68 Å². The molecular formula is C14H19N5O. The van der Waals surface area contributed by atoms with Crippen molar-refractivity contribution in [2.75, 3.05) is 12.3 Å². The van der Waals surface area contributed by atoms with Crippen LogP contribution in [0.25, 0.3) is 11.4 Å². The number of ether oxygens (including phenoxy) is 1. The van der Waals surface area contributed by atoms with Gasteiger partial charge in [0.05, 0.1) is 12.1 Å². The normalized spacial score (nSPS) is 22.3. The highest BCUT2D eigenvalue weighted by Crippen LogP contribution is 2.31. The fourth-order valence-electron chi connectivity index (χ4n) is 2.76. The van der Waals surface area contributed by atoms with E-state index in [2.05, 4.69) is 22.4 Å². The number of aromatic nitrogens is 4. The minimum absolute atomic E-state index is 0.193. The first-order valence-electron chi connectivity index (χ1n) is 6.85. The smallest absolute Gasteiger partial charge is 0.184 e. The Bertz CT molecular complexity index is 596. The van der Waals surface area contributed by atoms with Gasteiger partial charge in [-0.2, -0.15) is 0 Å². The molecule has 3 rings (SSSR count). The molecule has 1 aromatic heterocycles. The van der Waals surface area contributed by atoms with Crippen molar-refractivity contribution in [1.29, 1.82) is 0 Å². The third-order valence-corrected chi connectivity index (χ3v) is 3.85. The first-order chi connectivity index (χ1) is 9.59. The molecular weight excluding hydrogens is 254 g/mol. The number of hydrogen-bond acceptors (Lipinski definition) is 5. The lowest BCUT2D eigenvalue weighted by molar-refractivity contribution is 0.00355. The number of benzene rings is 1. The topological polar surface area (TPSA) is 78.9 Å². The standard InChI is InChI=1S/C14H19N5O/c1-10-5-3-6-11(15)12(10)13-16-17-18-19(13)9-14(2)7-4-8-20-14/h3,5-6H,4,7-9,15H2,1-2H3. The van der Waals surface area contributed by atoms with Crippen molar-refractivity contribution >= 4 is 5.69 Å². The molecule has 2 aromatic rings. The second-order valence-electron chi connectivity index (χ2n) is 5.60. The average Bonchev–Trinajstić information content (AvgIpc) is 3.00. The van der Waals surface area contributed by atoms with Crippen LogP contribution in [0.1, 0.15) is 25.3 Å². The van der Waals surface area contributed by atoms with Gasteiger partial charge in [-0.15, -0.1) is 5.10 Å². The Morgan fingerprint density at radius 3 is 3.00 bits per heavy atom. The maximum atomic E-state index is 6.08. The molecule has 0 saturated carbocycles. The van der Waals surface area contributed by atoms with E-state index in [0.29, 0.717) is 18.1 Å². The van der Waals surface area contributed by atoms with Crippen LogP contribution in [-0.2, 0) is 11.3 Å². The molecule has 1 aromatic carbocycles. The molecule has 1 fully saturated rings. The molecule has 0 bridgehead atoms. The Labute approximate surface area is 117 Å². The maximum Gasteiger partial charge on any atom is 0.184 e. The van der Waals surface area contributed by atoms with Gasteiger partial charge in [0.25, 0.3) is 0 Å². The van der Waals surface area contributed by atoms with Gasteiger partial charge in [0.15, 0.2) is 5.82 Å². The monoisotopic (exact) mass is 273 g/mol. The highest BCUT2D eigenvalue weighted by atomic mass is 16.5. The molecule has 106 valence electrons. The maximum absolute atomic E-state index is 6.08. The highest BCUT2D eigenvalue weighted by molar-refractivity contribution is 5.74. The molecule has 6 nitrogen and oxygen atoms in total. The Morgan fingerprint density at radius 1 is 1.45 bits per heavy atom. The van der Waals surface area contributed by atoms with Gasteiger partial charge in [0.1, 0.15) is 0 Å². The summed E-state index contributed by atoms with van der Waals surface area (Å²) in [4.78, 5) is 0. The number of anilines is 1. The number of nitrogen functional groups attached to an aromatic ring is 1. The van der Waals surface area contributed by atoms with Crippen LogP contribution in [0.4, 0.5) is 5.69 Å². The van der Waals surface area contributed by atoms with Crippen LogP contribution < -0.4 is 5.73 Å². The Hall–Kier alpha value is -1.95. The second-order valence-corrected chi connectivity index (χ2v) is 5.60. The molecule has 0 amide bonds. The summed E-state index contributed by atoms with van der Waals surface area (Å²) in [6.07, 6.45) is 2.11. The summed E-state index contributed by atoms with van der Waals surface area (Å²) in [6.45, 7) is 5.56. The summed E-state index contributed by atoms with van der Waals surface area (Å²) in [5.41, 5.74) is 8.55. The molecule has 0 aliphatic carbocycles. The minimum atomic E-state index is -0.193. The Balaban J connectivity index is 1.98. The van der Waals surface area contributed by atoms with Gasteiger partial charge in [-0.1, -0.05) is 12.1 Å². The van der Waals surface area contributed by atoms with Crippen LogP contribution in [0.5, 0.6) is 0 Å². The lowest BCUT2D eigenvalue weighted by Gasteiger charge is -2.23. The fourth-order valence-corrected chi connectivity index (χ4v) is 2.76. The molecule has 1 atom stereocenters. The number of hydrogen-bond donors (Lipinski definition) is 1. The molecule has 1 unspecified atom stereocenters. The zero-order valence-electron chi connectivity index (χ0n) is 11.8. The minimum Gasteiger partial charge on any atom is -0.398 e. The number of nitrogens with two attached hydrogens (primary N) is 1.